The maximum absolute atomic E-state index is 11.1. The van der Waals surface area contributed by atoms with E-state index in [9.17, 15) is 8.42 Å². The molecule has 0 aromatic heterocycles. The lowest BCUT2D eigenvalue weighted by Crippen LogP contribution is -2.18. The fourth-order valence-corrected chi connectivity index (χ4v) is 2.07. The first kappa shape index (κ1) is 14.2. The van der Waals surface area contributed by atoms with Crippen LogP contribution in [-0.4, -0.2) is 28.2 Å². The maximum Gasteiger partial charge on any atom is 0.238 e. The molecule has 17 heavy (non-hydrogen) atoms. The molecule has 0 radical (unpaired) electrons. The number of nitrogens with two attached hydrogens (primary N) is 1. The van der Waals surface area contributed by atoms with E-state index in [2.05, 4.69) is 0 Å². The minimum atomic E-state index is -3.75. The molecule has 1 atom stereocenters. The van der Waals surface area contributed by atoms with Crippen molar-refractivity contribution in [2.24, 2.45) is 5.14 Å². The number of hydrogen-bond donors (Lipinski definition) is 1. The van der Waals surface area contributed by atoms with Crippen molar-refractivity contribution in [1.82, 2.24) is 0 Å². The Morgan fingerprint density at radius 1 is 1.47 bits per heavy atom. The maximum atomic E-state index is 11.1. The molecule has 5 nitrogen and oxygen atoms in total. The third-order valence-electron chi connectivity index (χ3n) is 1.96. The summed E-state index contributed by atoms with van der Waals surface area (Å²) < 4.78 is 32.5. The van der Waals surface area contributed by atoms with E-state index in [-0.39, 0.29) is 16.0 Å². The monoisotopic (exact) mass is 279 g/mol. The number of primary sulfonamides is 1. The van der Waals surface area contributed by atoms with Crippen molar-refractivity contribution in [1.29, 1.82) is 0 Å². The van der Waals surface area contributed by atoms with Gasteiger partial charge in [-0.15, -0.1) is 0 Å². The fraction of sp³-hybridized carbons (Fsp3) is 0.400. The Kier molecular flexibility index (Phi) is 4.76. The van der Waals surface area contributed by atoms with Gasteiger partial charge in [0, 0.05) is 7.11 Å². The fourth-order valence-electron chi connectivity index (χ4n) is 1.24. The Hall–Kier alpha value is -0.820. The second kappa shape index (κ2) is 5.68. The van der Waals surface area contributed by atoms with E-state index in [1.165, 1.54) is 18.2 Å². The van der Waals surface area contributed by atoms with Crippen molar-refractivity contribution in [3.05, 3.63) is 23.2 Å². The molecule has 2 N–H and O–H groups in total. The third kappa shape index (κ3) is 4.16. The normalized spacial score (nSPS) is 13.4. The first-order valence-electron chi connectivity index (χ1n) is 4.82. The number of benzene rings is 1. The highest BCUT2D eigenvalue weighted by Gasteiger charge is 2.12. The topological polar surface area (TPSA) is 78.6 Å². The van der Waals surface area contributed by atoms with Gasteiger partial charge in [-0.25, -0.2) is 13.6 Å². The van der Waals surface area contributed by atoms with Gasteiger partial charge in [0.2, 0.25) is 10.0 Å². The Morgan fingerprint density at radius 3 is 2.59 bits per heavy atom. The average molecular weight is 280 g/mol. The molecule has 0 aliphatic carbocycles. The summed E-state index contributed by atoms with van der Waals surface area (Å²) in [5.74, 6) is 0.392. The second-order valence-electron chi connectivity index (χ2n) is 3.52. The molecule has 1 aromatic carbocycles. The van der Waals surface area contributed by atoms with Gasteiger partial charge in [-0.1, -0.05) is 11.6 Å². The van der Waals surface area contributed by atoms with Gasteiger partial charge in [-0.2, -0.15) is 0 Å². The largest absolute Gasteiger partial charge is 0.487 e. The lowest BCUT2D eigenvalue weighted by Gasteiger charge is -2.15. The quantitative estimate of drug-likeness (QED) is 0.884. The van der Waals surface area contributed by atoms with Gasteiger partial charge in [0.05, 0.1) is 16.5 Å². The van der Waals surface area contributed by atoms with Gasteiger partial charge in [0.25, 0.3) is 0 Å². The summed E-state index contributed by atoms with van der Waals surface area (Å²) in [5.41, 5.74) is 0. The van der Waals surface area contributed by atoms with Crippen LogP contribution in [0.3, 0.4) is 0 Å². The van der Waals surface area contributed by atoms with E-state index in [1.807, 2.05) is 6.92 Å². The molecule has 0 amide bonds. The van der Waals surface area contributed by atoms with E-state index in [0.29, 0.717) is 12.4 Å². The SMILES string of the molecule is COCC(C)Oc1ccc(S(N)(=O)=O)cc1Cl. The minimum Gasteiger partial charge on any atom is -0.487 e. The Labute approximate surface area is 106 Å². The van der Waals surface area contributed by atoms with Gasteiger partial charge in [-0.05, 0) is 25.1 Å². The molecule has 0 fully saturated rings. The zero-order valence-electron chi connectivity index (χ0n) is 9.51. The highest BCUT2D eigenvalue weighted by atomic mass is 35.5. The van der Waals surface area contributed by atoms with E-state index in [0.717, 1.165) is 0 Å². The highest BCUT2D eigenvalue weighted by Crippen LogP contribution is 2.27. The molecule has 1 aromatic rings. The third-order valence-corrected chi connectivity index (χ3v) is 3.17. The molecule has 1 unspecified atom stereocenters. The van der Waals surface area contributed by atoms with Gasteiger partial charge in [-0.3, -0.25) is 0 Å². The molecule has 0 saturated heterocycles. The number of methoxy groups -OCH3 is 1. The van der Waals surface area contributed by atoms with Crippen LogP contribution in [0.5, 0.6) is 5.75 Å². The number of halogens is 1. The minimum absolute atomic E-state index is 0.0470. The molecular formula is C10H14ClNO4S. The summed E-state index contributed by atoms with van der Waals surface area (Å²) in [6.07, 6.45) is -0.183. The Bertz CT molecular complexity index is 489. The van der Waals surface area contributed by atoms with Crippen LogP contribution in [0, 0.1) is 0 Å². The first-order valence-corrected chi connectivity index (χ1v) is 6.75. The summed E-state index contributed by atoms with van der Waals surface area (Å²) in [7, 11) is -2.18. The van der Waals surface area contributed by atoms with Crippen molar-refractivity contribution in [3.63, 3.8) is 0 Å². The van der Waals surface area contributed by atoms with Crippen molar-refractivity contribution < 1.29 is 17.9 Å². The van der Waals surface area contributed by atoms with Crippen LogP contribution in [0.25, 0.3) is 0 Å². The standard InChI is InChI=1S/C10H14ClNO4S/c1-7(6-15-2)16-10-4-3-8(5-9(10)11)17(12,13)14/h3-5,7H,6H2,1-2H3,(H2,12,13,14). The zero-order valence-corrected chi connectivity index (χ0v) is 11.1. The van der Waals surface area contributed by atoms with E-state index in [1.54, 1.807) is 7.11 Å². The molecule has 96 valence electrons. The summed E-state index contributed by atoms with van der Waals surface area (Å²) in [6, 6.07) is 4.07. The molecule has 0 saturated carbocycles. The van der Waals surface area contributed by atoms with Crippen LogP contribution in [0.2, 0.25) is 5.02 Å². The predicted molar refractivity (Wildman–Crippen MR) is 64.8 cm³/mol. The van der Waals surface area contributed by atoms with Gasteiger partial charge in [0.1, 0.15) is 11.9 Å². The molecule has 0 bridgehead atoms. The highest BCUT2D eigenvalue weighted by molar-refractivity contribution is 7.89. The number of rotatable bonds is 5. The molecule has 0 aliphatic heterocycles. The average Bonchev–Trinajstić information content (AvgIpc) is 2.20. The smallest absolute Gasteiger partial charge is 0.238 e. The second-order valence-corrected chi connectivity index (χ2v) is 5.49. The van der Waals surface area contributed by atoms with Crippen molar-refractivity contribution in [2.45, 2.75) is 17.9 Å². The van der Waals surface area contributed by atoms with E-state index >= 15 is 0 Å². The van der Waals surface area contributed by atoms with Crippen molar-refractivity contribution in [2.75, 3.05) is 13.7 Å². The van der Waals surface area contributed by atoms with Gasteiger partial charge in [0.15, 0.2) is 0 Å². The predicted octanol–water partition coefficient (Wildman–Crippen LogP) is 1.40. The number of hydrogen-bond acceptors (Lipinski definition) is 4. The van der Waals surface area contributed by atoms with Crippen LogP contribution in [0.1, 0.15) is 6.92 Å². The molecule has 7 heteroatoms. The summed E-state index contributed by atoms with van der Waals surface area (Å²) >= 11 is 5.89. The van der Waals surface area contributed by atoms with Crippen LogP contribution in [0.15, 0.2) is 23.1 Å². The molecule has 0 heterocycles. The summed E-state index contributed by atoms with van der Waals surface area (Å²) in [6.45, 7) is 2.22. The van der Waals surface area contributed by atoms with Crippen LogP contribution >= 0.6 is 11.6 Å². The molecular weight excluding hydrogens is 266 g/mol. The van der Waals surface area contributed by atoms with Crippen LogP contribution in [-0.2, 0) is 14.8 Å². The lowest BCUT2D eigenvalue weighted by atomic mass is 10.3. The molecule has 1 rings (SSSR count). The first-order chi connectivity index (χ1) is 7.84. The van der Waals surface area contributed by atoms with Crippen molar-refractivity contribution >= 4 is 21.6 Å². The van der Waals surface area contributed by atoms with E-state index < -0.39 is 10.0 Å². The van der Waals surface area contributed by atoms with Gasteiger partial charge >= 0.3 is 0 Å². The Balaban J connectivity index is 2.91. The van der Waals surface area contributed by atoms with Crippen molar-refractivity contribution in [3.8, 4) is 5.75 Å². The lowest BCUT2D eigenvalue weighted by molar-refractivity contribution is 0.0921. The van der Waals surface area contributed by atoms with E-state index in [4.69, 9.17) is 26.2 Å². The molecule has 0 aliphatic rings. The number of sulfonamides is 1. The van der Waals surface area contributed by atoms with Gasteiger partial charge < -0.3 is 9.47 Å². The zero-order chi connectivity index (χ0) is 13.1. The van der Waals surface area contributed by atoms with Crippen LogP contribution in [0.4, 0.5) is 0 Å². The van der Waals surface area contributed by atoms with Crippen LogP contribution < -0.4 is 9.88 Å². The summed E-state index contributed by atoms with van der Waals surface area (Å²) in [5, 5.41) is 5.17. The Morgan fingerprint density at radius 2 is 2.12 bits per heavy atom. The molecule has 0 spiro atoms. The number of ether oxygens (including phenoxy) is 2. The summed E-state index contributed by atoms with van der Waals surface area (Å²) in [4.78, 5) is -0.0470.